The van der Waals surface area contributed by atoms with E-state index in [9.17, 15) is 18.4 Å². The Kier molecular flexibility index (Phi) is 7.07. The van der Waals surface area contributed by atoms with Crippen LogP contribution in [0.4, 0.5) is 8.78 Å². The average Bonchev–Trinajstić information content (AvgIpc) is 2.57. The first-order valence-corrected chi connectivity index (χ1v) is 7.86. The van der Waals surface area contributed by atoms with E-state index in [0.29, 0.717) is 12.6 Å². The van der Waals surface area contributed by atoms with Crippen molar-refractivity contribution in [1.82, 2.24) is 15.5 Å². The first-order valence-electron chi connectivity index (χ1n) is 7.86. The highest BCUT2D eigenvalue weighted by atomic mass is 19.1. The number of hydrogen-bond donors (Lipinski definition) is 2. The van der Waals surface area contributed by atoms with Gasteiger partial charge in [-0.25, -0.2) is 8.78 Å². The van der Waals surface area contributed by atoms with Crippen LogP contribution in [-0.4, -0.2) is 62.7 Å². The fraction of sp³-hybridized carbons (Fsp3) is 0.500. The molecule has 1 aliphatic heterocycles. The van der Waals surface area contributed by atoms with Gasteiger partial charge >= 0.3 is 0 Å². The summed E-state index contributed by atoms with van der Waals surface area (Å²) >= 11 is 0. The van der Waals surface area contributed by atoms with Gasteiger partial charge in [-0.15, -0.1) is 0 Å². The molecule has 2 amide bonds. The summed E-state index contributed by atoms with van der Waals surface area (Å²) in [6, 6.07) is 2.66. The molecule has 0 radical (unpaired) electrons. The Bertz CT molecular complexity index is 578. The molecule has 6 nitrogen and oxygen atoms in total. The predicted molar refractivity (Wildman–Crippen MR) is 83.6 cm³/mol. The topological polar surface area (TPSA) is 70.7 Å². The molecule has 1 aromatic rings. The van der Waals surface area contributed by atoms with Crippen LogP contribution in [0, 0.1) is 11.6 Å². The van der Waals surface area contributed by atoms with E-state index in [1.807, 2.05) is 0 Å². The van der Waals surface area contributed by atoms with Gasteiger partial charge in [0.1, 0.15) is 11.6 Å². The Morgan fingerprint density at radius 2 is 1.92 bits per heavy atom. The second-order valence-electron chi connectivity index (χ2n) is 5.46. The van der Waals surface area contributed by atoms with E-state index in [2.05, 4.69) is 15.5 Å². The Hall–Kier alpha value is -2.06. The van der Waals surface area contributed by atoms with E-state index in [4.69, 9.17) is 4.74 Å². The van der Waals surface area contributed by atoms with Crippen LogP contribution in [0.25, 0.3) is 0 Å². The van der Waals surface area contributed by atoms with Crippen molar-refractivity contribution in [1.29, 1.82) is 0 Å². The van der Waals surface area contributed by atoms with Gasteiger partial charge in [0.15, 0.2) is 0 Å². The maximum atomic E-state index is 13.4. The predicted octanol–water partition coefficient (Wildman–Crippen LogP) is 0.533. The van der Waals surface area contributed by atoms with Crippen LogP contribution in [0.5, 0.6) is 0 Å². The molecule has 1 aliphatic rings. The van der Waals surface area contributed by atoms with Gasteiger partial charge in [0.2, 0.25) is 5.91 Å². The zero-order chi connectivity index (χ0) is 17.4. The van der Waals surface area contributed by atoms with Crippen molar-refractivity contribution >= 4 is 11.8 Å². The van der Waals surface area contributed by atoms with Crippen LogP contribution in [0.15, 0.2) is 18.2 Å². The molecule has 132 valence electrons. The summed E-state index contributed by atoms with van der Waals surface area (Å²) < 4.78 is 31.5. The number of rotatable bonds is 7. The van der Waals surface area contributed by atoms with Gasteiger partial charge in [-0.05, 0) is 25.1 Å². The number of nitrogens with zero attached hydrogens (tertiary/aromatic N) is 1. The third kappa shape index (κ3) is 5.86. The second kappa shape index (κ2) is 9.29. The maximum Gasteiger partial charge on any atom is 0.254 e. The molecular weight excluding hydrogens is 320 g/mol. The molecule has 2 rings (SSSR count). The van der Waals surface area contributed by atoms with Gasteiger partial charge in [-0.1, -0.05) is 0 Å². The Morgan fingerprint density at radius 1 is 1.17 bits per heavy atom. The van der Waals surface area contributed by atoms with E-state index >= 15 is 0 Å². The van der Waals surface area contributed by atoms with E-state index in [1.54, 1.807) is 0 Å². The van der Waals surface area contributed by atoms with Crippen molar-refractivity contribution in [3.05, 3.63) is 35.4 Å². The van der Waals surface area contributed by atoms with Gasteiger partial charge in [0.25, 0.3) is 5.91 Å². The van der Waals surface area contributed by atoms with Gasteiger partial charge < -0.3 is 15.4 Å². The van der Waals surface area contributed by atoms with Gasteiger partial charge in [-0.3, -0.25) is 14.5 Å². The number of benzene rings is 1. The summed E-state index contributed by atoms with van der Waals surface area (Å²) in [5, 5.41) is 5.00. The van der Waals surface area contributed by atoms with E-state index in [1.165, 1.54) is 0 Å². The molecule has 2 N–H and O–H groups in total. The zero-order valence-electron chi connectivity index (χ0n) is 13.3. The van der Waals surface area contributed by atoms with Gasteiger partial charge in [0, 0.05) is 25.7 Å². The Balaban J connectivity index is 1.62. The Morgan fingerprint density at radius 3 is 2.62 bits per heavy atom. The quantitative estimate of drug-likeness (QED) is 0.710. The van der Waals surface area contributed by atoms with Gasteiger partial charge in [-0.2, -0.15) is 0 Å². The lowest BCUT2D eigenvalue weighted by atomic mass is 10.2. The minimum Gasteiger partial charge on any atom is -0.379 e. The van der Waals surface area contributed by atoms with Crippen molar-refractivity contribution in [3.63, 3.8) is 0 Å². The van der Waals surface area contributed by atoms with Crippen LogP contribution in [0.2, 0.25) is 0 Å². The third-order valence-electron chi connectivity index (χ3n) is 3.66. The molecule has 0 atom stereocenters. The summed E-state index contributed by atoms with van der Waals surface area (Å²) in [6.45, 7) is 4.37. The average molecular weight is 341 g/mol. The van der Waals surface area contributed by atoms with E-state index < -0.39 is 17.5 Å². The monoisotopic (exact) mass is 341 g/mol. The molecule has 0 unspecified atom stereocenters. The maximum absolute atomic E-state index is 13.4. The van der Waals surface area contributed by atoms with E-state index in [-0.39, 0.29) is 18.0 Å². The summed E-state index contributed by atoms with van der Waals surface area (Å²) in [5.74, 6) is -2.83. The molecule has 1 saturated heterocycles. The minimum atomic E-state index is -0.960. The first kappa shape index (κ1) is 18.3. The lowest BCUT2D eigenvalue weighted by molar-refractivity contribution is -0.120. The summed E-state index contributed by atoms with van der Waals surface area (Å²) in [7, 11) is 0. The molecule has 0 bridgehead atoms. The third-order valence-corrected chi connectivity index (χ3v) is 3.66. The summed E-state index contributed by atoms with van der Waals surface area (Å²) in [6.07, 6.45) is 0.798. The van der Waals surface area contributed by atoms with Gasteiger partial charge in [0.05, 0.1) is 25.3 Å². The lowest BCUT2D eigenvalue weighted by Gasteiger charge is -2.26. The SMILES string of the molecule is O=C(CNC(=O)c1ccc(F)cc1F)NCCCN1CCOCC1. The highest BCUT2D eigenvalue weighted by Gasteiger charge is 2.13. The zero-order valence-corrected chi connectivity index (χ0v) is 13.3. The van der Waals surface area contributed by atoms with Crippen LogP contribution in [0.1, 0.15) is 16.8 Å². The molecule has 1 aromatic carbocycles. The molecule has 24 heavy (non-hydrogen) atoms. The summed E-state index contributed by atoms with van der Waals surface area (Å²) in [4.78, 5) is 25.7. The number of hydrogen-bond acceptors (Lipinski definition) is 4. The van der Waals surface area contributed by atoms with E-state index in [0.717, 1.165) is 51.4 Å². The number of ether oxygens (including phenoxy) is 1. The molecule has 1 fully saturated rings. The molecular formula is C16H21F2N3O3. The molecule has 8 heteroatoms. The van der Waals surface area contributed by atoms with Crippen LogP contribution in [0.3, 0.4) is 0 Å². The smallest absolute Gasteiger partial charge is 0.254 e. The summed E-state index contributed by atoms with van der Waals surface area (Å²) in [5.41, 5.74) is -0.295. The van der Waals surface area contributed by atoms with Crippen molar-refractivity contribution in [2.24, 2.45) is 0 Å². The fourth-order valence-electron chi connectivity index (χ4n) is 2.35. The minimum absolute atomic E-state index is 0.257. The number of nitrogens with one attached hydrogen (secondary N) is 2. The Labute approximate surface area is 139 Å². The number of halogens is 2. The van der Waals surface area contributed by atoms with Crippen LogP contribution >= 0.6 is 0 Å². The molecule has 0 aromatic heterocycles. The first-order chi connectivity index (χ1) is 11.6. The number of amides is 2. The van der Waals surface area contributed by atoms with Crippen molar-refractivity contribution < 1.29 is 23.1 Å². The second-order valence-corrected chi connectivity index (χ2v) is 5.46. The van der Waals surface area contributed by atoms with Crippen LogP contribution < -0.4 is 10.6 Å². The van der Waals surface area contributed by atoms with Crippen LogP contribution in [-0.2, 0) is 9.53 Å². The largest absolute Gasteiger partial charge is 0.379 e. The highest BCUT2D eigenvalue weighted by molar-refractivity contribution is 5.96. The molecule has 0 spiro atoms. The van der Waals surface area contributed by atoms with Crippen molar-refractivity contribution in [2.75, 3.05) is 45.9 Å². The van der Waals surface area contributed by atoms with Crippen molar-refractivity contribution in [3.8, 4) is 0 Å². The molecule has 0 aliphatic carbocycles. The fourth-order valence-corrected chi connectivity index (χ4v) is 2.35. The highest BCUT2D eigenvalue weighted by Crippen LogP contribution is 2.09. The lowest BCUT2D eigenvalue weighted by Crippen LogP contribution is -2.40. The molecule has 1 heterocycles. The van der Waals surface area contributed by atoms with Crippen molar-refractivity contribution in [2.45, 2.75) is 6.42 Å². The normalized spacial score (nSPS) is 15.1. The molecule has 0 saturated carbocycles. The number of carbonyl (C=O) groups is 2. The standard InChI is InChI=1S/C16H21F2N3O3/c17-12-2-3-13(14(18)10-12)16(23)20-11-15(22)19-4-1-5-21-6-8-24-9-7-21/h2-3,10H,1,4-9,11H2,(H,19,22)(H,20,23). The number of morpholine rings is 1. The number of carbonyl (C=O) groups excluding carboxylic acids is 2.